The first-order valence-electron chi connectivity index (χ1n) is 6.79. The van der Waals surface area contributed by atoms with Gasteiger partial charge in [-0.1, -0.05) is 55.8 Å². The Labute approximate surface area is 118 Å². The summed E-state index contributed by atoms with van der Waals surface area (Å²) in [5, 5.41) is 3.35. The van der Waals surface area contributed by atoms with Crippen LogP contribution in [0.5, 0.6) is 0 Å². The Morgan fingerprint density at radius 2 is 1.58 bits per heavy atom. The van der Waals surface area contributed by atoms with Gasteiger partial charge >= 0.3 is 0 Å². The third-order valence-corrected chi connectivity index (χ3v) is 2.42. The van der Waals surface area contributed by atoms with Crippen molar-refractivity contribution in [2.75, 3.05) is 6.54 Å². The molecular weight excluding hydrogens is 230 g/mol. The number of dihydropyridines is 1. The van der Waals surface area contributed by atoms with Gasteiger partial charge in [-0.2, -0.15) is 0 Å². The van der Waals surface area contributed by atoms with Gasteiger partial charge in [-0.05, 0) is 32.4 Å². The molecule has 0 saturated heterocycles. The topological polar surface area (TPSA) is 12.0 Å². The van der Waals surface area contributed by atoms with Crippen LogP contribution in [0.3, 0.4) is 0 Å². The molecule has 0 bridgehead atoms. The first-order chi connectivity index (χ1) is 9.27. The van der Waals surface area contributed by atoms with E-state index < -0.39 is 0 Å². The van der Waals surface area contributed by atoms with Gasteiger partial charge in [0.25, 0.3) is 0 Å². The summed E-state index contributed by atoms with van der Waals surface area (Å²) in [6, 6.07) is 10.4. The van der Waals surface area contributed by atoms with Gasteiger partial charge in [0.1, 0.15) is 0 Å². The maximum absolute atomic E-state index is 3.35. The maximum atomic E-state index is 3.35. The van der Waals surface area contributed by atoms with Crippen molar-refractivity contribution in [3.8, 4) is 11.8 Å². The molecule has 0 spiro atoms. The molecule has 1 nitrogen and oxygen atoms in total. The summed E-state index contributed by atoms with van der Waals surface area (Å²) in [5.41, 5.74) is 3.81. The van der Waals surface area contributed by atoms with Gasteiger partial charge in [0.15, 0.2) is 0 Å². The Morgan fingerprint density at radius 3 is 2.05 bits per heavy atom. The summed E-state index contributed by atoms with van der Waals surface area (Å²) in [5.74, 6) is 5.36. The third kappa shape index (κ3) is 7.16. The van der Waals surface area contributed by atoms with Crippen molar-refractivity contribution in [1.29, 1.82) is 0 Å². The smallest absolute Gasteiger partial charge is 0.0418 e. The van der Waals surface area contributed by atoms with Crippen molar-refractivity contribution in [2.45, 2.75) is 34.6 Å². The molecule has 0 fully saturated rings. The van der Waals surface area contributed by atoms with E-state index in [0.29, 0.717) is 0 Å². The normalized spacial score (nSPS) is 11.8. The Kier molecular flexibility index (Phi) is 10.0. The first-order valence-corrected chi connectivity index (χ1v) is 6.79. The minimum atomic E-state index is 0.937. The van der Waals surface area contributed by atoms with Crippen LogP contribution in [0.2, 0.25) is 0 Å². The van der Waals surface area contributed by atoms with Crippen LogP contribution in [0.4, 0.5) is 0 Å². The number of rotatable bonds is 1. The highest BCUT2D eigenvalue weighted by Gasteiger charge is 2.02. The molecule has 0 saturated carbocycles. The lowest BCUT2D eigenvalue weighted by Gasteiger charge is -2.14. The van der Waals surface area contributed by atoms with E-state index in [1.165, 1.54) is 16.8 Å². The van der Waals surface area contributed by atoms with Crippen LogP contribution in [0.1, 0.15) is 40.2 Å². The fraction of sp³-hybridized carbons (Fsp3) is 0.333. The average Bonchev–Trinajstić information content (AvgIpc) is 2.50. The molecule has 0 aromatic heterocycles. The van der Waals surface area contributed by atoms with Gasteiger partial charge < -0.3 is 5.32 Å². The van der Waals surface area contributed by atoms with E-state index in [9.17, 15) is 0 Å². The van der Waals surface area contributed by atoms with Gasteiger partial charge in [0.2, 0.25) is 0 Å². The monoisotopic (exact) mass is 255 g/mol. The molecule has 0 unspecified atom stereocenters. The highest BCUT2D eigenvalue weighted by molar-refractivity contribution is 5.67. The quantitative estimate of drug-likeness (QED) is 0.721. The minimum absolute atomic E-state index is 0.937. The zero-order chi connectivity index (χ0) is 14.5. The van der Waals surface area contributed by atoms with E-state index in [1.54, 1.807) is 0 Å². The van der Waals surface area contributed by atoms with Crippen molar-refractivity contribution < 1.29 is 0 Å². The second kappa shape index (κ2) is 11.2. The largest absolute Gasteiger partial charge is 0.381 e. The lowest BCUT2D eigenvalue weighted by Crippen LogP contribution is -2.15. The molecule has 1 aliphatic heterocycles. The van der Waals surface area contributed by atoms with Gasteiger partial charge in [0, 0.05) is 12.2 Å². The fourth-order valence-electron chi connectivity index (χ4n) is 1.46. The standard InChI is InChI=1S/C12H13N.C4H6.C2H6/c1-10-7-8-13-12(9-10)11-5-3-2-4-6-11;1-3-4-2;1-2/h2-7,9,13H,8H2,1H3;1-2H3;1-2H3. The number of hydrogen-bond acceptors (Lipinski definition) is 1. The van der Waals surface area contributed by atoms with E-state index >= 15 is 0 Å². The summed E-state index contributed by atoms with van der Waals surface area (Å²) in [4.78, 5) is 0. The van der Waals surface area contributed by atoms with Crippen LogP contribution in [0.15, 0.2) is 48.1 Å². The molecule has 1 aromatic carbocycles. The molecule has 0 radical (unpaired) electrons. The molecule has 1 N–H and O–H groups in total. The minimum Gasteiger partial charge on any atom is -0.381 e. The molecule has 0 aliphatic carbocycles. The molecule has 1 heterocycles. The Hall–Kier alpha value is -1.94. The van der Waals surface area contributed by atoms with E-state index in [1.807, 2.05) is 33.8 Å². The molecule has 1 heteroatoms. The second-order valence-corrected chi connectivity index (χ2v) is 3.75. The Morgan fingerprint density at radius 1 is 1.00 bits per heavy atom. The van der Waals surface area contributed by atoms with Crippen molar-refractivity contribution in [3.05, 3.63) is 53.6 Å². The molecule has 1 aromatic rings. The van der Waals surface area contributed by atoms with E-state index in [4.69, 9.17) is 0 Å². The summed E-state index contributed by atoms with van der Waals surface area (Å²) in [7, 11) is 0. The SMILES string of the molecule is CC.CC#CC.CC1=CCNC(c2ccccc2)=C1. The molecule has 1 aliphatic rings. The van der Waals surface area contributed by atoms with Crippen LogP contribution in [-0.2, 0) is 0 Å². The molecular formula is C18H25N. The number of hydrogen-bond donors (Lipinski definition) is 1. The van der Waals surface area contributed by atoms with Gasteiger partial charge in [0.05, 0.1) is 0 Å². The van der Waals surface area contributed by atoms with Crippen LogP contribution < -0.4 is 5.32 Å². The lowest BCUT2D eigenvalue weighted by molar-refractivity contribution is 0.981. The summed E-state index contributed by atoms with van der Waals surface area (Å²) in [6.45, 7) is 10.7. The molecule has 2 rings (SSSR count). The number of nitrogens with one attached hydrogen (secondary N) is 1. The second-order valence-electron chi connectivity index (χ2n) is 3.75. The molecule has 0 atom stereocenters. The van der Waals surface area contributed by atoms with Crippen LogP contribution >= 0.6 is 0 Å². The lowest BCUT2D eigenvalue weighted by atomic mass is 10.1. The average molecular weight is 255 g/mol. The maximum Gasteiger partial charge on any atom is 0.0418 e. The predicted molar refractivity (Wildman–Crippen MR) is 86.7 cm³/mol. The van der Waals surface area contributed by atoms with Crippen molar-refractivity contribution in [3.63, 3.8) is 0 Å². The van der Waals surface area contributed by atoms with Crippen LogP contribution in [0, 0.1) is 11.8 Å². The Balaban J connectivity index is 0.000000467. The first kappa shape index (κ1) is 17.1. The van der Waals surface area contributed by atoms with Crippen molar-refractivity contribution in [2.24, 2.45) is 0 Å². The molecule has 102 valence electrons. The van der Waals surface area contributed by atoms with Gasteiger partial charge in [-0.3, -0.25) is 0 Å². The Bertz CT molecular complexity index is 449. The fourth-order valence-corrected chi connectivity index (χ4v) is 1.46. The third-order valence-electron chi connectivity index (χ3n) is 2.42. The highest BCUT2D eigenvalue weighted by atomic mass is 14.9. The molecule has 19 heavy (non-hydrogen) atoms. The number of allylic oxidation sites excluding steroid dienone is 2. The highest BCUT2D eigenvalue weighted by Crippen LogP contribution is 2.15. The predicted octanol–water partition coefficient (Wildman–Crippen LogP) is 4.63. The summed E-state index contributed by atoms with van der Waals surface area (Å²) >= 11 is 0. The van der Waals surface area contributed by atoms with Crippen LogP contribution in [-0.4, -0.2) is 6.54 Å². The van der Waals surface area contributed by atoms with Gasteiger partial charge in [-0.25, -0.2) is 0 Å². The van der Waals surface area contributed by atoms with Crippen LogP contribution in [0.25, 0.3) is 5.70 Å². The van der Waals surface area contributed by atoms with Gasteiger partial charge in [-0.15, -0.1) is 11.8 Å². The van der Waals surface area contributed by atoms with Crippen molar-refractivity contribution in [1.82, 2.24) is 5.32 Å². The zero-order valence-corrected chi connectivity index (χ0v) is 12.7. The zero-order valence-electron chi connectivity index (χ0n) is 12.7. The summed E-state index contributed by atoms with van der Waals surface area (Å²) in [6.07, 6.45) is 4.37. The van der Waals surface area contributed by atoms with E-state index in [-0.39, 0.29) is 0 Å². The van der Waals surface area contributed by atoms with Crippen molar-refractivity contribution >= 4 is 5.70 Å². The number of benzene rings is 1. The molecule has 0 amide bonds. The summed E-state index contributed by atoms with van der Waals surface area (Å²) < 4.78 is 0. The van der Waals surface area contributed by atoms with E-state index in [2.05, 4.69) is 60.5 Å². The van der Waals surface area contributed by atoms with E-state index in [0.717, 1.165) is 6.54 Å².